The summed E-state index contributed by atoms with van der Waals surface area (Å²) in [6.07, 6.45) is -0.485. The van der Waals surface area contributed by atoms with E-state index in [0.29, 0.717) is 19.7 Å². The number of nitrogens with two attached hydrogens (primary N) is 1. The van der Waals surface area contributed by atoms with Gasteiger partial charge in [-0.15, -0.1) is 0 Å². The van der Waals surface area contributed by atoms with Crippen molar-refractivity contribution in [3.63, 3.8) is 0 Å². The Morgan fingerprint density at radius 2 is 2.18 bits per heavy atom. The molecule has 0 spiro atoms. The molecule has 1 amide bonds. The third-order valence-corrected chi connectivity index (χ3v) is 3.03. The first kappa shape index (κ1) is 13.9. The van der Waals surface area contributed by atoms with E-state index in [1.54, 1.807) is 18.7 Å². The lowest BCUT2D eigenvalue weighted by Crippen LogP contribution is -2.50. The summed E-state index contributed by atoms with van der Waals surface area (Å²) < 4.78 is 5.30. The van der Waals surface area contributed by atoms with Crippen LogP contribution in [0.1, 0.15) is 20.3 Å². The summed E-state index contributed by atoms with van der Waals surface area (Å²) in [5.41, 5.74) is 5.69. The number of amides is 1. The number of carboxylic acids is 1. The molecular formula is C11H20N2O4. The quantitative estimate of drug-likeness (QED) is 0.706. The molecule has 0 aliphatic carbocycles. The maximum absolute atomic E-state index is 12.0. The van der Waals surface area contributed by atoms with E-state index >= 15 is 0 Å². The number of hydrogen-bond acceptors (Lipinski definition) is 4. The van der Waals surface area contributed by atoms with Gasteiger partial charge in [0.15, 0.2) is 0 Å². The topological polar surface area (TPSA) is 92.9 Å². The summed E-state index contributed by atoms with van der Waals surface area (Å²) in [5, 5.41) is 8.68. The number of nitrogens with zero attached hydrogens (tertiary/aromatic N) is 1. The number of ether oxygens (including phenoxy) is 1. The van der Waals surface area contributed by atoms with Gasteiger partial charge in [-0.3, -0.25) is 9.59 Å². The fourth-order valence-electron chi connectivity index (χ4n) is 1.75. The number of aliphatic carboxylic acids is 1. The summed E-state index contributed by atoms with van der Waals surface area (Å²) in [4.78, 5) is 24.2. The second kappa shape index (κ2) is 5.97. The van der Waals surface area contributed by atoms with Gasteiger partial charge >= 0.3 is 5.97 Å². The van der Waals surface area contributed by atoms with Crippen molar-refractivity contribution >= 4 is 11.9 Å². The molecular weight excluding hydrogens is 224 g/mol. The van der Waals surface area contributed by atoms with E-state index in [0.717, 1.165) is 0 Å². The third kappa shape index (κ3) is 3.98. The Hall–Kier alpha value is -1.14. The Bertz CT molecular complexity index is 293. The van der Waals surface area contributed by atoms with E-state index in [9.17, 15) is 9.59 Å². The zero-order chi connectivity index (χ0) is 13.0. The molecule has 0 aromatic rings. The van der Waals surface area contributed by atoms with E-state index in [1.165, 1.54) is 0 Å². The maximum atomic E-state index is 12.0. The lowest BCUT2D eigenvalue weighted by atomic mass is 10.0. The van der Waals surface area contributed by atoms with E-state index in [2.05, 4.69) is 0 Å². The average molecular weight is 244 g/mol. The van der Waals surface area contributed by atoms with Crippen LogP contribution in [0, 0.1) is 5.92 Å². The molecule has 0 aromatic carbocycles. The van der Waals surface area contributed by atoms with Gasteiger partial charge in [-0.1, -0.05) is 6.92 Å². The van der Waals surface area contributed by atoms with Crippen LogP contribution in [0.2, 0.25) is 0 Å². The summed E-state index contributed by atoms with van der Waals surface area (Å²) in [5.74, 6) is -1.19. The number of morpholine rings is 1. The van der Waals surface area contributed by atoms with Crippen molar-refractivity contribution in [1.29, 1.82) is 0 Å². The Kier molecular flexibility index (Phi) is 4.89. The summed E-state index contributed by atoms with van der Waals surface area (Å²) in [7, 11) is 0. The first-order chi connectivity index (χ1) is 7.91. The lowest BCUT2D eigenvalue weighted by molar-refractivity contribution is -0.149. The zero-order valence-corrected chi connectivity index (χ0v) is 10.3. The number of carboxylic acid groups (broad SMARTS) is 1. The van der Waals surface area contributed by atoms with Crippen LogP contribution in [0.5, 0.6) is 0 Å². The normalized spacial score (nSPS) is 24.2. The predicted octanol–water partition coefficient (Wildman–Crippen LogP) is -0.328. The van der Waals surface area contributed by atoms with Crippen LogP contribution in [0.25, 0.3) is 0 Å². The summed E-state index contributed by atoms with van der Waals surface area (Å²) in [6.45, 7) is 4.80. The molecule has 6 heteroatoms. The minimum atomic E-state index is -0.912. The van der Waals surface area contributed by atoms with E-state index < -0.39 is 12.1 Å². The van der Waals surface area contributed by atoms with E-state index in [4.69, 9.17) is 15.6 Å². The van der Waals surface area contributed by atoms with Crippen LogP contribution in [-0.2, 0) is 14.3 Å². The monoisotopic (exact) mass is 244 g/mol. The fourth-order valence-corrected chi connectivity index (χ4v) is 1.75. The van der Waals surface area contributed by atoms with E-state index in [-0.39, 0.29) is 24.3 Å². The third-order valence-electron chi connectivity index (χ3n) is 3.03. The molecule has 1 fully saturated rings. The van der Waals surface area contributed by atoms with Crippen LogP contribution < -0.4 is 5.73 Å². The highest BCUT2D eigenvalue weighted by Gasteiger charge is 2.29. The number of hydrogen-bond donors (Lipinski definition) is 2. The maximum Gasteiger partial charge on any atom is 0.306 e. The van der Waals surface area contributed by atoms with Gasteiger partial charge in [-0.05, 0) is 6.92 Å². The lowest BCUT2D eigenvalue weighted by Gasteiger charge is -2.34. The van der Waals surface area contributed by atoms with Crippen molar-refractivity contribution in [1.82, 2.24) is 4.90 Å². The highest BCUT2D eigenvalue weighted by molar-refractivity contribution is 5.79. The van der Waals surface area contributed by atoms with Crippen LogP contribution in [-0.4, -0.2) is 53.7 Å². The Morgan fingerprint density at radius 1 is 1.53 bits per heavy atom. The minimum Gasteiger partial charge on any atom is -0.481 e. The van der Waals surface area contributed by atoms with Crippen LogP contribution in [0.4, 0.5) is 0 Å². The van der Waals surface area contributed by atoms with Gasteiger partial charge in [0, 0.05) is 19.1 Å². The Labute approximate surface area is 101 Å². The van der Waals surface area contributed by atoms with Gasteiger partial charge < -0.3 is 20.5 Å². The van der Waals surface area contributed by atoms with Crippen LogP contribution >= 0.6 is 0 Å². The molecule has 1 aliphatic heterocycles. The SMILES string of the molecule is CC(N)C(C)C(=O)N1CCOC(CC(=O)O)C1. The molecule has 1 aliphatic rings. The van der Waals surface area contributed by atoms with Crippen molar-refractivity contribution in [3.8, 4) is 0 Å². The molecule has 0 bridgehead atoms. The zero-order valence-electron chi connectivity index (χ0n) is 10.3. The van der Waals surface area contributed by atoms with Crippen molar-refractivity contribution in [2.75, 3.05) is 19.7 Å². The highest BCUT2D eigenvalue weighted by Crippen LogP contribution is 2.13. The molecule has 1 heterocycles. The molecule has 17 heavy (non-hydrogen) atoms. The first-order valence-electron chi connectivity index (χ1n) is 5.79. The summed E-state index contributed by atoms with van der Waals surface area (Å²) >= 11 is 0. The number of rotatable bonds is 4. The Balaban J connectivity index is 2.54. The van der Waals surface area contributed by atoms with Gasteiger partial charge in [0.25, 0.3) is 0 Å². The number of carbonyl (C=O) groups is 2. The van der Waals surface area contributed by atoms with Crippen molar-refractivity contribution in [3.05, 3.63) is 0 Å². The number of carbonyl (C=O) groups excluding carboxylic acids is 1. The molecule has 3 atom stereocenters. The molecule has 1 rings (SSSR count). The van der Waals surface area contributed by atoms with Crippen LogP contribution in [0.3, 0.4) is 0 Å². The van der Waals surface area contributed by atoms with Gasteiger partial charge in [-0.25, -0.2) is 0 Å². The highest BCUT2D eigenvalue weighted by atomic mass is 16.5. The second-order valence-corrected chi connectivity index (χ2v) is 4.52. The largest absolute Gasteiger partial charge is 0.481 e. The molecule has 0 aromatic heterocycles. The predicted molar refractivity (Wildman–Crippen MR) is 61.4 cm³/mol. The first-order valence-corrected chi connectivity index (χ1v) is 5.79. The van der Waals surface area contributed by atoms with Gasteiger partial charge in [0.1, 0.15) is 0 Å². The standard InChI is InChI=1S/C11H20N2O4/c1-7(8(2)12)11(16)13-3-4-17-9(6-13)5-10(14)15/h7-9H,3-6,12H2,1-2H3,(H,14,15). The van der Waals surface area contributed by atoms with Crippen molar-refractivity contribution in [2.45, 2.75) is 32.4 Å². The summed E-state index contributed by atoms with van der Waals surface area (Å²) in [6, 6.07) is -0.205. The van der Waals surface area contributed by atoms with Gasteiger partial charge in [-0.2, -0.15) is 0 Å². The second-order valence-electron chi connectivity index (χ2n) is 4.52. The van der Waals surface area contributed by atoms with E-state index in [1.807, 2.05) is 0 Å². The molecule has 98 valence electrons. The molecule has 0 radical (unpaired) electrons. The molecule has 3 N–H and O–H groups in total. The molecule has 3 unspecified atom stereocenters. The van der Waals surface area contributed by atoms with Gasteiger partial charge in [0.2, 0.25) is 5.91 Å². The molecule has 0 saturated carbocycles. The van der Waals surface area contributed by atoms with Gasteiger partial charge in [0.05, 0.1) is 25.0 Å². The van der Waals surface area contributed by atoms with Crippen molar-refractivity contribution < 1.29 is 19.4 Å². The fraction of sp³-hybridized carbons (Fsp3) is 0.818. The van der Waals surface area contributed by atoms with Crippen LogP contribution in [0.15, 0.2) is 0 Å². The minimum absolute atomic E-state index is 0.0290. The molecule has 1 saturated heterocycles. The smallest absolute Gasteiger partial charge is 0.306 e. The average Bonchev–Trinajstić information content (AvgIpc) is 2.26. The van der Waals surface area contributed by atoms with Crippen molar-refractivity contribution in [2.24, 2.45) is 11.7 Å². The Morgan fingerprint density at radius 3 is 2.71 bits per heavy atom. The molecule has 6 nitrogen and oxygen atoms in total.